The van der Waals surface area contributed by atoms with Gasteiger partial charge in [-0.1, -0.05) is 30.1 Å². The molecule has 0 amide bonds. The molecule has 1 aliphatic rings. The lowest BCUT2D eigenvalue weighted by atomic mass is 10.2. The van der Waals surface area contributed by atoms with Crippen molar-refractivity contribution in [2.45, 2.75) is 12.3 Å². The average molecular weight is 268 g/mol. The highest BCUT2D eigenvalue weighted by molar-refractivity contribution is 7.99. The van der Waals surface area contributed by atoms with E-state index >= 15 is 0 Å². The van der Waals surface area contributed by atoms with Crippen molar-refractivity contribution >= 4 is 46.3 Å². The summed E-state index contributed by atoms with van der Waals surface area (Å²) >= 11 is 15.4. The maximum absolute atomic E-state index is 6.10. The first-order chi connectivity index (χ1) is 6.66. The van der Waals surface area contributed by atoms with Crippen LogP contribution < -0.4 is 5.32 Å². The van der Waals surface area contributed by atoms with E-state index in [1.54, 1.807) is 0 Å². The third kappa shape index (κ3) is 2.39. The molecular weight excluding hydrogens is 257 g/mol. The van der Waals surface area contributed by atoms with E-state index in [-0.39, 0.29) is 0 Å². The fraction of sp³-hybridized carbons (Fsp3) is 0.556. The minimum absolute atomic E-state index is 0.322. The van der Waals surface area contributed by atoms with Crippen LogP contribution in [0.15, 0.2) is 6.07 Å². The molecule has 5 heteroatoms. The Morgan fingerprint density at radius 3 is 2.79 bits per heavy atom. The molecule has 2 atom stereocenters. The maximum Gasteiger partial charge on any atom is 0.100 e. The summed E-state index contributed by atoms with van der Waals surface area (Å²) in [6.07, 6.45) is 0. The van der Waals surface area contributed by atoms with Gasteiger partial charge in [0.05, 0.1) is 9.71 Å². The lowest BCUT2D eigenvalue weighted by Gasteiger charge is -2.27. The number of thioether (sulfide) groups is 1. The highest BCUT2D eigenvalue weighted by Gasteiger charge is 2.22. The van der Waals surface area contributed by atoms with Gasteiger partial charge in [-0.3, -0.25) is 0 Å². The van der Waals surface area contributed by atoms with Gasteiger partial charge in [-0.05, 0) is 24.3 Å². The van der Waals surface area contributed by atoms with E-state index in [1.807, 2.05) is 17.8 Å². The quantitative estimate of drug-likeness (QED) is 0.825. The zero-order valence-electron chi connectivity index (χ0n) is 7.72. The van der Waals surface area contributed by atoms with E-state index in [9.17, 15) is 0 Å². The first kappa shape index (κ1) is 11.1. The molecule has 0 aliphatic carbocycles. The van der Waals surface area contributed by atoms with Crippen LogP contribution in [-0.2, 0) is 0 Å². The zero-order valence-corrected chi connectivity index (χ0v) is 10.9. The molecule has 1 fully saturated rings. The molecule has 2 heterocycles. The van der Waals surface area contributed by atoms with Crippen LogP contribution in [0.25, 0.3) is 0 Å². The summed E-state index contributed by atoms with van der Waals surface area (Å²) < 4.78 is 1.58. The molecular formula is C9H11Cl2NS2. The minimum atomic E-state index is 0.322. The molecule has 1 aromatic rings. The summed E-state index contributed by atoms with van der Waals surface area (Å²) in [5.74, 6) is 1.92. The Hall–Kier alpha value is 0.590. The summed E-state index contributed by atoms with van der Waals surface area (Å²) in [4.78, 5) is 0. The van der Waals surface area contributed by atoms with Crippen LogP contribution in [0.4, 0.5) is 0 Å². The molecule has 14 heavy (non-hydrogen) atoms. The fourth-order valence-electron chi connectivity index (χ4n) is 1.42. The third-order valence-corrected chi connectivity index (χ3v) is 5.20. The second kappa shape index (κ2) is 4.62. The van der Waals surface area contributed by atoms with Crippen LogP contribution in [0.1, 0.15) is 17.9 Å². The van der Waals surface area contributed by atoms with Gasteiger partial charge in [0, 0.05) is 5.56 Å². The third-order valence-electron chi connectivity index (χ3n) is 2.16. The van der Waals surface area contributed by atoms with E-state index < -0.39 is 0 Å². The molecule has 0 bridgehead atoms. The molecule has 2 rings (SSSR count). The monoisotopic (exact) mass is 267 g/mol. The van der Waals surface area contributed by atoms with Crippen LogP contribution in [0.2, 0.25) is 8.67 Å². The van der Waals surface area contributed by atoms with Crippen molar-refractivity contribution in [1.82, 2.24) is 5.32 Å². The number of rotatable bonds is 1. The van der Waals surface area contributed by atoms with Crippen molar-refractivity contribution in [1.29, 1.82) is 0 Å². The molecule has 1 aromatic heterocycles. The molecule has 0 spiro atoms. The van der Waals surface area contributed by atoms with Crippen LogP contribution in [0.3, 0.4) is 0 Å². The van der Waals surface area contributed by atoms with E-state index in [0.717, 1.165) is 26.7 Å². The lowest BCUT2D eigenvalue weighted by molar-refractivity contribution is 0.530. The van der Waals surface area contributed by atoms with E-state index in [4.69, 9.17) is 23.2 Å². The maximum atomic E-state index is 6.10. The van der Waals surface area contributed by atoms with Crippen molar-refractivity contribution in [2.75, 3.05) is 12.3 Å². The van der Waals surface area contributed by atoms with Crippen LogP contribution >= 0.6 is 46.3 Å². The predicted octanol–water partition coefficient (Wildman–Crippen LogP) is 4.03. The number of hydrogen-bond donors (Lipinski definition) is 1. The summed E-state index contributed by atoms with van der Waals surface area (Å²) in [6, 6.07) is 1.97. The van der Waals surface area contributed by atoms with Crippen molar-refractivity contribution in [2.24, 2.45) is 5.92 Å². The number of halogens is 2. The smallest absolute Gasteiger partial charge is 0.100 e. The molecule has 78 valence electrons. The van der Waals surface area contributed by atoms with Crippen molar-refractivity contribution in [3.05, 3.63) is 20.3 Å². The number of nitrogens with one attached hydrogen (secondary N) is 1. The Labute approximate surface area is 102 Å². The summed E-state index contributed by atoms with van der Waals surface area (Å²) in [5, 5.41) is 3.79. The lowest BCUT2D eigenvalue weighted by Crippen LogP contribution is -2.31. The molecule has 1 N–H and O–H groups in total. The Morgan fingerprint density at radius 2 is 2.29 bits per heavy atom. The van der Waals surface area contributed by atoms with Crippen LogP contribution in [-0.4, -0.2) is 12.3 Å². The second-order valence-electron chi connectivity index (χ2n) is 3.51. The van der Waals surface area contributed by atoms with Gasteiger partial charge in [-0.2, -0.15) is 0 Å². The molecule has 1 nitrogen and oxygen atoms in total. The first-order valence-electron chi connectivity index (χ1n) is 4.46. The highest BCUT2D eigenvalue weighted by atomic mass is 35.5. The molecule has 0 radical (unpaired) electrons. The Kier molecular flexibility index (Phi) is 3.66. The van der Waals surface area contributed by atoms with Crippen molar-refractivity contribution < 1.29 is 0 Å². The first-order valence-corrected chi connectivity index (χ1v) is 7.08. The van der Waals surface area contributed by atoms with Crippen LogP contribution in [0.5, 0.6) is 0 Å². The highest BCUT2D eigenvalue weighted by Crippen LogP contribution is 2.40. The van der Waals surface area contributed by atoms with Gasteiger partial charge < -0.3 is 5.32 Å². The van der Waals surface area contributed by atoms with Gasteiger partial charge in [0.1, 0.15) is 4.34 Å². The summed E-state index contributed by atoms with van der Waals surface area (Å²) in [6.45, 7) is 3.31. The van der Waals surface area contributed by atoms with Gasteiger partial charge in [-0.15, -0.1) is 23.1 Å². The molecule has 0 aromatic carbocycles. The van der Waals surface area contributed by atoms with E-state index in [1.165, 1.54) is 17.1 Å². The van der Waals surface area contributed by atoms with Crippen molar-refractivity contribution in [3.8, 4) is 0 Å². The Bertz CT molecular complexity index is 319. The van der Waals surface area contributed by atoms with Gasteiger partial charge in [0.15, 0.2) is 0 Å². The Balaban J connectivity index is 2.11. The number of hydrogen-bond acceptors (Lipinski definition) is 3. The molecule has 1 aliphatic heterocycles. The minimum Gasteiger partial charge on any atom is -0.301 e. The number of thiophene rings is 1. The summed E-state index contributed by atoms with van der Waals surface area (Å²) in [7, 11) is 0. The largest absolute Gasteiger partial charge is 0.301 e. The zero-order chi connectivity index (χ0) is 10.1. The second-order valence-corrected chi connectivity index (χ2v) is 6.93. The summed E-state index contributed by atoms with van der Waals surface area (Å²) in [5.41, 5.74) is 1.14. The molecule has 0 saturated carbocycles. The Morgan fingerprint density at radius 1 is 1.50 bits per heavy atom. The van der Waals surface area contributed by atoms with Crippen molar-refractivity contribution in [3.63, 3.8) is 0 Å². The van der Waals surface area contributed by atoms with Gasteiger partial charge in [0.25, 0.3) is 0 Å². The van der Waals surface area contributed by atoms with Crippen LogP contribution in [0, 0.1) is 5.92 Å². The topological polar surface area (TPSA) is 12.0 Å². The standard InChI is InChI=1S/C9H11Cl2NS2/c1-5-3-12-9(13-4-5)6-2-7(10)14-8(6)11/h2,5,9,12H,3-4H2,1H3. The fourth-order valence-corrected chi connectivity index (χ4v) is 4.31. The van der Waals surface area contributed by atoms with E-state index in [0.29, 0.717) is 5.37 Å². The molecule has 1 saturated heterocycles. The van der Waals surface area contributed by atoms with Gasteiger partial charge in [0.2, 0.25) is 0 Å². The van der Waals surface area contributed by atoms with Gasteiger partial charge >= 0.3 is 0 Å². The molecule has 2 unspecified atom stereocenters. The van der Waals surface area contributed by atoms with Gasteiger partial charge in [-0.25, -0.2) is 0 Å². The van der Waals surface area contributed by atoms with E-state index in [2.05, 4.69) is 12.2 Å². The predicted molar refractivity (Wildman–Crippen MR) is 66.7 cm³/mol. The average Bonchev–Trinajstić information content (AvgIpc) is 2.47. The SMILES string of the molecule is CC1CNC(c2cc(Cl)sc2Cl)SC1. The normalized spacial score (nSPS) is 27.9.